The Balaban J connectivity index is 3.45. The largest absolute Gasteiger partial charge is 0.493 e. The Kier molecular flexibility index (Phi) is 8.68. The second kappa shape index (κ2) is 10.5. The van der Waals surface area contributed by atoms with E-state index in [1.165, 1.54) is 0 Å². The summed E-state index contributed by atoms with van der Waals surface area (Å²) in [4.78, 5) is 24.2. The number of hydrogen-bond donors (Lipinski definition) is 0. The van der Waals surface area contributed by atoms with E-state index in [1.54, 1.807) is 40.2 Å². The summed E-state index contributed by atoms with van der Waals surface area (Å²) in [6.07, 6.45) is 1.50. The molecule has 0 amide bonds. The minimum Gasteiger partial charge on any atom is -0.493 e. The number of esters is 2. The number of methoxy groups -OCH3 is 2. The number of carbonyl (C=O) groups is 2. The van der Waals surface area contributed by atoms with Gasteiger partial charge in [0.15, 0.2) is 11.5 Å². The average molecular weight is 364 g/mol. The van der Waals surface area contributed by atoms with Crippen LogP contribution in [0.1, 0.15) is 51.2 Å². The van der Waals surface area contributed by atoms with Gasteiger partial charge in [0.25, 0.3) is 0 Å². The van der Waals surface area contributed by atoms with Gasteiger partial charge in [0.1, 0.15) is 0 Å². The molecule has 0 radical (unpaired) electrons. The Morgan fingerprint density at radius 1 is 1.04 bits per heavy atom. The molecule has 6 heteroatoms. The van der Waals surface area contributed by atoms with Gasteiger partial charge in [0.05, 0.1) is 33.9 Å². The smallest absolute Gasteiger partial charge is 0.334 e. The average Bonchev–Trinajstić information content (AvgIpc) is 2.60. The molecule has 1 aromatic carbocycles. The van der Waals surface area contributed by atoms with E-state index >= 15 is 0 Å². The van der Waals surface area contributed by atoms with Gasteiger partial charge in [-0.3, -0.25) is 4.79 Å². The monoisotopic (exact) mass is 364 g/mol. The molecule has 0 aromatic heterocycles. The van der Waals surface area contributed by atoms with Gasteiger partial charge in [-0.05, 0) is 37.5 Å². The minimum atomic E-state index is -0.537. The molecular formula is C20H28O6. The second-order valence-corrected chi connectivity index (χ2v) is 5.83. The summed E-state index contributed by atoms with van der Waals surface area (Å²) in [5, 5.41) is 0. The highest BCUT2D eigenvalue weighted by molar-refractivity contribution is 5.98. The molecule has 0 spiro atoms. The second-order valence-electron chi connectivity index (χ2n) is 5.83. The zero-order valence-electron chi connectivity index (χ0n) is 16.4. The van der Waals surface area contributed by atoms with Gasteiger partial charge in [-0.15, -0.1) is 0 Å². The minimum absolute atomic E-state index is 0.109. The highest BCUT2D eigenvalue weighted by Gasteiger charge is 2.20. The Hall–Kier alpha value is -2.50. The van der Waals surface area contributed by atoms with Crippen molar-refractivity contribution in [3.63, 3.8) is 0 Å². The van der Waals surface area contributed by atoms with Crippen LogP contribution < -0.4 is 9.47 Å². The molecule has 0 bridgehead atoms. The van der Waals surface area contributed by atoms with Crippen molar-refractivity contribution in [2.45, 2.75) is 40.0 Å². The van der Waals surface area contributed by atoms with E-state index < -0.39 is 11.9 Å². The van der Waals surface area contributed by atoms with Crippen molar-refractivity contribution in [3.8, 4) is 11.5 Å². The summed E-state index contributed by atoms with van der Waals surface area (Å²) < 4.78 is 20.9. The molecule has 0 saturated heterocycles. The Morgan fingerprint density at radius 2 is 1.69 bits per heavy atom. The molecule has 0 heterocycles. The van der Waals surface area contributed by atoms with Crippen LogP contribution >= 0.6 is 0 Å². The molecule has 0 atom stereocenters. The molecule has 0 unspecified atom stereocenters. The van der Waals surface area contributed by atoms with Crippen LogP contribution in [-0.2, 0) is 19.1 Å². The van der Waals surface area contributed by atoms with Crippen molar-refractivity contribution in [2.75, 3.05) is 27.4 Å². The van der Waals surface area contributed by atoms with Crippen LogP contribution in [0.3, 0.4) is 0 Å². The number of hydrogen-bond acceptors (Lipinski definition) is 6. The number of rotatable bonds is 9. The summed E-state index contributed by atoms with van der Waals surface area (Å²) in [5.74, 6) is 0.313. The van der Waals surface area contributed by atoms with Crippen molar-refractivity contribution in [3.05, 3.63) is 28.8 Å². The van der Waals surface area contributed by atoms with Crippen molar-refractivity contribution >= 4 is 18.0 Å². The molecule has 144 valence electrons. The molecule has 6 nitrogen and oxygen atoms in total. The lowest BCUT2D eigenvalue weighted by atomic mass is 9.93. The van der Waals surface area contributed by atoms with Gasteiger partial charge in [-0.25, -0.2) is 4.79 Å². The number of benzene rings is 1. The first-order valence-electron chi connectivity index (χ1n) is 8.67. The van der Waals surface area contributed by atoms with Crippen LogP contribution in [0.25, 0.3) is 6.08 Å². The summed E-state index contributed by atoms with van der Waals surface area (Å²) in [6, 6.07) is 3.60. The lowest BCUT2D eigenvalue weighted by Crippen LogP contribution is -2.14. The van der Waals surface area contributed by atoms with E-state index in [9.17, 15) is 9.59 Å². The highest BCUT2D eigenvalue weighted by Crippen LogP contribution is 2.39. The lowest BCUT2D eigenvalue weighted by molar-refractivity contribution is -0.145. The van der Waals surface area contributed by atoms with Crippen LogP contribution in [0.15, 0.2) is 17.7 Å². The normalized spacial score (nSPS) is 11.3. The maximum atomic E-state index is 12.3. The predicted molar refractivity (Wildman–Crippen MR) is 99.5 cm³/mol. The quantitative estimate of drug-likeness (QED) is 0.491. The molecule has 0 aliphatic carbocycles. The highest BCUT2D eigenvalue weighted by atomic mass is 16.5. The standard InChI is InChI=1S/C20H28O6/c1-7-25-17(21)12-15(20(22)26-8-2)11-14-9-10-16(23-5)19(24-6)18(14)13(3)4/h9-11,13H,7-8,12H2,1-6H3. The first-order valence-corrected chi connectivity index (χ1v) is 8.67. The molecule has 1 rings (SSSR count). The third-order valence-electron chi connectivity index (χ3n) is 3.70. The maximum Gasteiger partial charge on any atom is 0.334 e. The van der Waals surface area contributed by atoms with Crippen LogP contribution in [0, 0.1) is 0 Å². The van der Waals surface area contributed by atoms with Crippen molar-refractivity contribution in [1.82, 2.24) is 0 Å². The van der Waals surface area contributed by atoms with E-state index in [2.05, 4.69) is 0 Å². The number of ether oxygens (including phenoxy) is 4. The van der Waals surface area contributed by atoms with Crippen LogP contribution in [-0.4, -0.2) is 39.4 Å². The Bertz CT molecular complexity index is 661. The van der Waals surface area contributed by atoms with Gasteiger partial charge < -0.3 is 18.9 Å². The Morgan fingerprint density at radius 3 is 2.19 bits per heavy atom. The van der Waals surface area contributed by atoms with Gasteiger partial charge in [-0.2, -0.15) is 0 Å². The zero-order valence-corrected chi connectivity index (χ0v) is 16.4. The van der Waals surface area contributed by atoms with Gasteiger partial charge in [0, 0.05) is 11.1 Å². The predicted octanol–water partition coefficient (Wildman–Crippen LogP) is 3.73. The van der Waals surface area contributed by atoms with Crippen molar-refractivity contribution < 1.29 is 28.5 Å². The van der Waals surface area contributed by atoms with Crippen LogP contribution in [0.2, 0.25) is 0 Å². The summed E-state index contributed by atoms with van der Waals surface area (Å²) in [5.41, 5.74) is 1.89. The van der Waals surface area contributed by atoms with Gasteiger partial charge in [-0.1, -0.05) is 19.9 Å². The third kappa shape index (κ3) is 5.51. The van der Waals surface area contributed by atoms with Crippen molar-refractivity contribution in [2.24, 2.45) is 0 Å². The summed E-state index contributed by atoms with van der Waals surface area (Å²) in [7, 11) is 3.14. The zero-order chi connectivity index (χ0) is 19.7. The fraction of sp³-hybridized carbons (Fsp3) is 0.500. The van der Waals surface area contributed by atoms with E-state index in [1.807, 2.05) is 19.9 Å². The molecule has 26 heavy (non-hydrogen) atoms. The molecule has 0 aliphatic rings. The molecule has 0 aliphatic heterocycles. The molecule has 1 aromatic rings. The van der Waals surface area contributed by atoms with Crippen LogP contribution in [0.5, 0.6) is 11.5 Å². The lowest BCUT2D eigenvalue weighted by Gasteiger charge is -2.18. The number of carbonyl (C=O) groups excluding carboxylic acids is 2. The summed E-state index contributed by atoms with van der Waals surface area (Å²) in [6.45, 7) is 7.95. The molecule has 0 saturated carbocycles. The van der Waals surface area contributed by atoms with E-state index in [4.69, 9.17) is 18.9 Å². The first kappa shape index (κ1) is 21.5. The van der Waals surface area contributed by atoms with E-state index in [-0.39, 0.29) is 31.1 Å². The fourth-order valence-electron chi connectivity index (χ4n) is 2.65. The van der Waals surface area contributed by atoms with Crippen molar-refractivity contribution in [1.29, 1.82) is 0 Å². The topological polar surface area (TPSA) is 71.1 Å². The SMILES string of the molecule is CCOC(=O)CC(=Cc1ccc(OC)c(OC)c1C(C)C)C(=O)OCC. The van der Waals surface area contributed by atoms with Crippen LogP contribution in [0.4, 0.5) is 0 Å². The van der Waals surface area contributed by atoms with Gasteiger partial charge >= 0.3 is 11.9 Å². The molecular weight excluding hydrogens is 336 g/mol. The maximum absolute atomic E-state index is 12.3. The van der Waals surface area contributed by atoms with Gasteiger partial charge in [0.2, 0.25) is 0 Å². The third-order valence-corrected chi connectivity index (χ3v) is 3.70. The van der Waals surface area contributed by atoms with E-state index in [0.717, 1.165) is 11.1 Å². The fourth-order valence-corrected chi connectivity index (χ4v) is 2.65. The first-order chi connectivity index (χ1) is 12.4. The van der Waals surface area contributed by atoms with E-state index in [0.29, 0.717) is 11.5 Å². The Labute approximate surface area is 155 Å². The summed E-state index contributed by atoms with van der Waals surface area (Å²) >= 11 is 0. The molecule has 0 N–H and O–H groups in total. The molecule has 0 fully saturated rings.